The first-order chi connectivity index (χ1) is 11.4. The van der Waals surface area contributed by atoms with E-state index in [-0.39, 0.29) is 11.5 Å². The molecule has 24 heavy (non-hydrogen) atoms. The van der Waals surface area contributed by atoms with Crippen LogP contribution in [0.2, 0.25) is 0 Å². The van der Waals surface area contributed by atoms with E-state index in [0.29, 0.717) is 23.5 Å². The summed E-state index contributed by atoms with van der Waals surface area (Å²) >= 11 is 3.35. The van der Waals surface area contributed by atoms with Gasteiger partial charge in [0.1, 0.15) is 17.1 Å². The third kappa shape index (κ3) is 4.45. The molecule has 0 N–H and O–H groups in total. The number of hydrogen-bond acceptors (Lipinski definition) is 4. The van der Waals surface area contributed by atoms with Gasteiger partial charge in [0.2, 0.25) is 0 Å². The molecular formula is C19H19BrO4. The summed E-state index contributed by atoms with van der Waals surface area (Å²) in [6.07, 6.45) is 0.830. The van der Waals surface area contributed by atoms with Gasteiger partial charge in [-0.1, -0.05) is 34.5 Å². The maximum absolute atomic E-state index is 12.6. The van der Waals surface area contributed by atoms with Crippen LogP contribution in [-0.2, 0) is 0 Å². The molecule has 0 saturated carbocycles. The average molecular weight is 391 g/mol. The van der Waals surface area contributed by atoms with Crippen LogP contribution in [0.15, 0.2) is 40.9 Å². The lowest BCUT2D eigenvalue weighted by Gasteiger charge is -2.13. The van der Waals surface area contributed by atoms with E-state index in [2.05, 4.69) is 15.9 Å². The molecule has 0 radical (unpaired) electrons. The Morgan fingerprint density at radius 3 is 2.42 bits per heavy atom. The minimum Gasteiger partial charge on any atom is -0.493 e. The number of aryl methyl sites for hydroxylation is 1. The number of carbonyl (C=O) groups is 2. The lowest BCUT2D eigenvalue weighted by atomic mass is 10.1. The number of hydrogen-bond donors (Lipinski definition) is 0. The molecule has 2 aromatic carbocycles. The molecule has 0 aliphatic heterocycles. The van der Waals surface area contributed by atoms with Crippen molar-refractivity contribution in [3.8, 4) is 11.5 Å². The van der Waals surface area contributed by atoms with Crippen molar-refractivity contribution >= 4 is 27.7 Å². The number of ketones is 1. The molecule has 0 aliphatic rings. The van der Waals surface area contributed by atoms with Gasteiger partial charge in [-0.15, -0.1) is 0 Å². The molecule has 0 spiro atoms. The van der Waals surface area contributed by atoms with E-state index in [4.69, 9.17) is 9.47 Å². The Balaban J connectivity index is 2.33. The molecule has 0 atom stereocenters. The number of halogens is 1. The SMILES string of the molecule is CCCOc1ccc(Br)cc1C(=O)Oc1ccc(C)cc1C(C)=O. The van der Waals surface area contributed by atoms with Crippen LogP contribution in [0.25, 0.3) is 0 Å². The molecule has 0 amide bonds. The Labute approximate surface area is 149 Å². The molecule has 2 rings (SSSR count). The zero-order chi connectivity index (χ0) is 17.7. The zero-order valence-corrected chi connectivity index (χ0v) is 15.5. The van der Waals surface area contributed by atoms with Crippen molar-refractivity contribution in [2.24, 2.45) is 0 Å². The van der Waals surface area contributed by atoms with Crippen molar-refractivity contribution in [3.05, 3.63) is 57.6 Å². The topological polar surface area (TPSA) is 52.6 Å². The van der Waals surface area contributed by atoms with Crippen molar-refractivity contribution in [1.82, 2.24) is 0 Å². The van der Waals surface area contributed by atoms with Gasteiger partial charge in [0.15, 0.2) is 5.78 Å². The van der Waals surface area contributed by atoms with E-state index in [1.54, 1.807) is 36.4 Å². The Morgan fingerprint density at radius 1 is 1.04 bits per heavy atom. The summed E-state index contributed by atoms with van der Waals surface area (Å²) < 4.78 is 11.8. The van der Waals surface area contributed by atoms with Gasteiger partial charge in [-0.25, -0.2) is 4.79 Å². The molecule has 5 heteroatoms. The molecule has 126 valence electrons. The molecule has 0 aromatic heterocycles. The zero-order valence-electron chi connectivity index (χ0n) is 13.9. The van der Waals surface area contributed by atoms with Gasteiger partial charge in [0.05, 0.1) is 12.2 Å². The largest absolute Gasteiger partial charge is 0.493 e. The second-order valence-corrected chi connectivity index (χ2v) is 6.35. The highest BCUT2D eigenvalue weighted by atomic mass is 79.9. The van der Waals surface area contributed by atoms with Crippen molar-refractivity contribution < 1.29 is 19.1 Å². The molecule has 0 heterocycles. The number of carbonyl (C=O) groups excluding carboxylic acids is 2. The van der Waals surface area contributed by atoms with Crippen LogP contribution in [0.5, 0.6) is 11.5 Å². The second-order valence-electron chi connectivity index (χ2n) is 5.43. The fraction of sp³-hybridized carbons (Fsp3) is 0.263. The lowest BCUT2D eigenvalue weighted by Crippen LogP contribution is -2.13. The predicted molar refractivity (Wildman–Crippen MR) is 96.1 cm³/mol. The fourth-order valence-electron chi connectivity index (χ4n) is 2.16. The summed E-state index contributed by atoms with van der Waals surface area (Å²) in [6, 6.07) is 10.3. The third-order valence-corrected chi connectivity index (χ3v) is 3.83. The smallest absolute Gasteiger partial charge is 0.347 e. The molecule has 0 aliphatic carbocycles. The van der Waals surface area contributed by atoms with Gasteiger partial charge in [-0.3, -0.25) is 4.79 Å². The number of esters is 1. The van der Waals surface area contributed by atoms with E-state index in [1.807, 2.05) is 13.8 Å². The van der Waals surface area contributed by atoms with Crippen LogP contribution in [0, 0.1) is 6.92 Å². The van der Waals surface area contributed by atoms with Gasteiger partial charge in [0.25, 0.3) is 0 Å². The van der Waals surface area contributed by atoms with E-state index in [0.717, 1.165) is 16.5 Å². The van der Waals surface area contributed by atoms with Crippen LogP contribution < -0.4 is 9.47 Å². The molecule has 4 nitrogen and oxygen atoms in total. The Hall–Kier alpha value is -2.14. The van der Waals surface area contributed by atoms with E-state index < -0.39 is 5.97 Å². The highest BCUT2D eigenvalue weighted by Gasteiger charge is 2.18. The molecular weight excluding hydrogens is 372 g/mol. The van der Waals surface area contributed by atoms with Crippen molar-refractivity contribution in [2.45, 2.75) is 27.2 Å². The van der Waals surface area contributed by atoms with Gasteiger partial charge in [-0.05, 0) is 50.6 Å². The van der Waals surface area contributed by atoms with E-state index in [1.165, 1.54) is 6.92 Å². The average Bonchev–Trinajstić information content (AvgIpc) is 2.55. The Bertz CT molecular complexity index is 768. The normalized spacial score (nSPS) is 10.3. The summed E-state index contributed by atoms with van der Waals surface area (Å²) in [5, 5.41) is 0. The summed E-state index contributed by atoms with van der Waals surface area (Å²) in [4.78, 5) is 24.4. The number of ether oxygens (including phenoxy) is 2. The Kier molecular flexibility index (Phi) is 6.15. The van der Waals surface area contributed by atoms with E-state index >= 15 is 0 Å². The molecule has 0 fully saturated rings. The van der Waals surface area contributed by atoms with Crippen LogP contribution in [0.4, 0.5) is 0 Å². The van der Waals surface area contributed by atoms with Crippen LogP contribution in [-0.4, -0.2) is 18.4 Å². The highest BCUT2D eigenvalue weighted by Crippen LogP contribution is 2.27. The molecule has 0 unspecified atom stereocenters. The van der Waals surface area contributed by atoms with Crippen molar-refractivity contribution in [3.63, 3.8) is 0 Å². The van der Waals surface area contributed by atoms with Crippen molar-refractivity contribution in [1.29, 1.82) is 0 Å². The van der Waals surface area contributed by atoms with Gasteiger partial charge in [0, 0.05) is 4.47 Å². The fourth-order valence-corrected chi connectivity index (χ4v) is 2.52. The maximum Gasteiger partial charge on any atom is 0.347 e. The summed E-state index contributed by atoms with van der Waals surface area (Å²) in [7, 11) is 0. The summed E-state index contributed by atoms with van der Waals surface area (Å²) in [6.45, 7) is 5.82. The first-order valence-corrected chi connectivity index (χ1v) is 8.47. The second kappa shape index (κ2) is 8.11. The quantitative estimate of drug-likeness (QED) is 0.397. The van der Waals surface area contributed by atoms with Crippen molar-refractivity contribution in [2.75, 3.05) is 6.61 Å². The predicted octanol–water partition coefficient (Wildman–Crippen LogP) is 4.97. The summed E-state index contributed by atoms with van der Waals surface area (Å²) in [5.41, 5.74) is 1.62. The monoisotopic (exact) mass is 390 g/mol. The minimum absolute atomic E-state index is 0.154. The molecule has 2 aromatic rings. The number of rotatable bonds is 6. The Morgan fingerprint density at radius 2 is 1.75 bits per heavy atom. The summed E-state index contributed by atoms with van der Waals surface area (Å²) in [5.74, 6) is -0.00647. The third-order valence-electron chi connectivity index (χ3n) is 3.34. The molecule has 0 bridgehead atoms. The number of benzene rings is 2. The first-order valence-electron chi connectivity index (χ1n) is 7.68. The number of Topliss-reactive ketones (excluding diaryl/α,β-unsaturated/α-hetero) is 1. The standard InChI is InChI=1S/C19H19BrO4/c1-4-9-23-17-8-6-14(20)11-16(17)19(22)24-18-7-5-12(2)10-15(18)13(3)21/h5-8,10-11H,4,9H2,1-3H3. The van der Waals surface area contributed by atoms with Gasteiger partial charge >= 0.3 is 5.97 Å². The van der Waals surface area contributed by atoms with Gasteiger partial charge < -0.3 is 9.47 Å². The first kappa shape index (κ1) is 18.2. The van der Waals surface area contributed by atoms with Crippen LogP contribution >= 0.6 is 15.9 Å². The lowest BCUT2D eigenvalue weighted by molar-refractivity contribution is 0.0728. The van der Waals surface area contributed by atoms with Crippen LogP contribution in [0.3, 0.4) is 0 Å². The highest BCUT2D eigenvalue weighted by molar-refractivity contribution is 9.10. The van der Waals surface area contributed by atoms with Gasteiger partial charge in [-0.2, -0.15) is 0 Å². The maximum atomic E-state index is 12.6. The van der Waals surface area contributed by atoms with E-state index in [9.17, 15) is 9.59 Å². The minimum atomic E-state index is -0.561. The molecule has 0 saturated heterocycles. The van der Waals surface area contributed by atoms with Crippen LogP contribution in [0.1, 0.15) is 46.5 Å².